The summed E-state index contributed by atoms with van der Waals surface area (Å²) in [7, 11) is 0. The molecule has 2 amide bonds. The van der Waals surface area contributed by atoms with Gasteiger partial charge in [-0.1, -0.05) is 116 Å². The number of nitrogens with zero attached hydrogens (tertiary/aromatic N) is 2. The van der Waals surface area contributed by atoms with Crippen molar-refractivity contribution in [2.75, 3.05) is 0 Å². The average molecular weight is 969 g/mol. The molecule has 2 saturated heterocycles. The molecule has 65 heavy (non-hydrogen) atoms. The first-order valence-electron chi connectivity index (χ1n) is 21.8. The number of rotatable bonds is 10. The van der Waals surface area contributed by atoms with Crippen molar-refractivity contribution in [2.24, 2.45) is 10.8 Å². The van der Waals surface area contributed by atoms with Crippen LogP contribution in [-0.2, 0) is 19.2 Å². The van der Waals surface area contributed by atoms with Gasteiger partial charge in [0.1, 0.15) is 0 Å². The highest BCUT2D eigenvalue weighted by Gasteiger charge is 2.55. The van der Waals surface area contributed by atoms with E-state index in [4.69, 9.17) is 46.4 Å². The summed E-state index contributed by atoms with van der Waals surface area (Å²) in [5.41, 5.74) is 1.68. The fraction of sp³-hybridized carbons (Fsp3) is 0.451. The molecule has 0 aromatic heterocycles. The normalized spacial score (nSPS) is 30.0. The van der Waals surface area contributed by atoms with Crippen molar-refractivity contribution in [2.45, 2.75) is 134 Å². The van der Waals surface area contributed by atoms with Crippen LogP contribution in [0, 0.1) is 10.8 Å². The standard InChI is InChI=1S/2C25H27Cl2NO4.CH4/c2*1-25(14-22(30)31)13-21(16-3-2-4-18(27)11-16)23(15-5-7-17(26)8-6-15)28(24(25)32)19-9-10-20(29)12-19;/h2*2-8,11,19-21,23,29H,9-10,12-14H2,1H3,(H,30,31);1H4/t19?,20-,21+,23+,25+;19?,20-,21-,23-,25-;/m01./s1. The topological polar surface area (TPSA) is 156 Å². The van der Waals surface area contributed by atoms with E-state index in [1.165, 1.54) is 0 Å². The molecule has 0 radical (unpaired) electrons. The van der Waals surface area contributed by atoms with Gasteiger partial charge in [-0.3, -0.25) is 19.2 Å². The molecular formula is C51H58Cl4N2O8. The van der Waals surface area contributed by atoms with Gasteiger partial charge in [-0.25, -0.2) is 0 Å². The van der Waals surface area contributed by atoms with Crippen LogP contribution < -0.4 is 0 Å². The highest BCUT2D eigenvalue weighted by atomic mass is 35.5. The van der Waals surface area contributed by atoms with Gasteiger partial charge in [-0.05, 0) is 122 Å². The lowest BCUT2D eigenvalue weighted by Crippen LogP contribution is -2.55. The second-order valence-electron chi connectivity index (χ2n) is 18.7. The quantitative estimate of drug-likeness (QED) is 0.122. The second kappa shape index (κ2) is 20.8. The zero-order valence-electron chi connectivity index (χ0n) is 35.8. The minimum Gasteiger partial charge on any atom is -0.481 e. The Bertz CT molecular complexity index is 2190. The van der Waals surface area contributed by atoms with Crippen molar-refractivity contribution in [1.29, 1.82) is 0 Å². The van der Waals surface area contributed by atoms with Gasteiger partial charge in [0.05, 0.1) is 48.0 Å². The molecule has 4 N–H and O–H groups in total. The van der Waals surface area contributed by atoms with Crippen molar-refractivity contribution in [3.8, 4) is 0 Å². The summed E-state index contributed by atoms with van der Waals surface area (Å²) in [6.45, 7) is 3.49. The van der Waals surface area contributed by atoms with Crippen LogP contribution in [0.1, 0.15) is 132 Å². The third-order valence-corrected chi connectivity index (χ3v) is 14.8. The maximum Gasteiger partial charge on any atom is 0.304 e. The molecule has 2 saturated carbocycles. The van der Waals surface area contributed by atoms with Gasteiger partial charge in [-0.2, -0.15) is 0 Å². The summed E-state index contributed by atoms with van der Waals surface area (Å²) in [6.07, 6.45) is 2.94. The number of aliphatic hydroxyl groups is 2. The molecule has 2 aliphatic heterocycles. The number of aliphatic hydroxyl groups excluding tert-OH is 2. The fourth-order valence-corrected chi connectivity index (χ4v) is 11.6. The Hall–Kier alpha value is -4.16. The number of hydrogen-bond donors (Lipinski definition) is 4. The number of benzene rings is 4. The van der Waals surface area contributed by atoms with E-state index in [1.54, 1.807) is 26.0 Å². The van der Waals surface area contributed by atoms with E-state index in [0.29, 0.717) is 71.5 Å². The molecule has 0 bridgehead atoms. The largest absolute Gasteiger partial charge is 0.481 e. The summed E-state index contributed by atoms with van der Waals surface area (Å²) >= 11 is 24.9. The first-order chi connectivity index (χ1) is 30.4. The number of carboxylic acids is 2. The third kappa shape index (κ3) is 11.2. The number of carboxylic acid groups (broad SMARTS) is 2. The number of amides is 2. The number of likely N-dealkylation sites (tertiary alicyclic amines) is 2. The minimum atomic E-state index is -1.06. The van der Waals surface area contributed by atoms with Crippen molar-refractivity contribution >= 4 is 70.2 Å². The molecule has 0 spiro atoms. The highest BCUT2D eigenvalue weighted by Crippen LogP contribution is 2.55. The van der Waals surface area contributed by atoms with Gasteiger partial charge < -0.3 is 30.2 Å². The van der Waals surface area contributed by atoms with E-state index >= 15 is 0 Å². The van der Waals surface area contributed by atoms with Crippen LogP contribution in [0.2, 0.25) is 20.1 Å². The van der Waals surface area contributed by atoms with Crippen LogP contribution in [0.5, 0.6) is 0 Å². The van der Waals surface area contributed by atoms with E-state index in [-0.39, 0.29) is 68.1 Å². The SMILES string of the molecule is C.C[C@]1(CC(=O)O)C[C@H](c2cccc(Cl)c2)[C@@H](c2ccc(Cl)cc2)N(C2CC[C@@H](O)C2)C1=O.C[C@]1(CC(=O)O)C[C@H](c2cccc(Cl)c2)[C@@H](c2ccc(Cl)cc2)N(C2CC[C@H](O)C2)C1=O. The van der Waals surface area contributed by atoms with Crippen molar-refractivity contribution < 1.29 is 39.6 Å². The Kier molecular flexibility index (Phi) is 16.1. The molecule has 14 heteroatoms. The van der Waals surface area contributed by atoms with Crippen molar-refractivity contribution in [3.05, 3.63) is 139 Å². The number of aliphatic carboxylic acids is 2. The Labute approximate surface area is 401 Å². The summed E-state index contributed by atoms with van der Waals surface area (Å²) in [5, 5.41) is 42.1. The summed E-state index contributed by atoms with van der Waals surface area (Å²) in [5.74, 6) is -2.65. The first kappa shape index (κ1) is 50.3. The average Bonchev–Trinajstić information content (AvgIpc) is 3.87. The zero-order chi connectivity index (χ0) is 46.1. The summed E-state index contributed by atoms with van der Waals surface area (Å²) in [4.78, 5) is 55.0. The second-order valence-corrected chi connectivity index (χ2v) is 20.4. The van der Waals surface area contributed by atoms with Gasteiger partial charge in [-0.15, -0.1) is 0 Å². The molecule has 10 atom stereocenters. The molecule has 4 aromatic carbocycles. The number of hydrogen-bond acceptors (Lipinski definition) is 6. The van der Waals surface area contributed by atoms with Gasteiger partial charge in [0.15, 0.2) is 0 Å². The molecule has 10 nitrogen and oxygen atoms in total. The van der Waals surface area contributed by atoms with Gasteiger partial charge in [0.2, 0.25) is 11.8 Å². The van der Waals surface area contributed by atoms with E-state index in [2.05, 4.69) is 0 Å². The molecular weight excluding hydrogens is 910 g/mol. The number of piperidine rings is 2. The molecule has 8 rings (SSSR count). The lowest BCUT2D eigenvalue weighted by atomic mass is 9.67. The maximum atomic E-state index is 13.9. The van der Waals surface area contributed by atoms with Crippen LogP contribution in [0.25, 0.3) is 0 Å². The smallest absolute Gasteiger partial charge is 0.304 e. The maximum absolute atomic E-state index is 13.9. The van der Waals surface area contributed by atoms with Crippen LogP contribution in [0.4, 0.5) is 0 Å². The van der Waals surface area contributed by atoms with E-state index in [1.807, 2.05) is 94.7 Å². The molecule has 2 heterocycles. The minimum absolute atomic E-state index is 0. The molecule has 2 aliphatic carbocycles. The Balaban J connectivity index is 0.000000212. The first-order valence-corrected chi connectivity index (χ1v) is 23.3. The zero-order valence-corrected chi connectivity index (χ0v) is 38.8. The Morgan fingerprint density at radius 3 is 1.20 bits per heavy atom. The summed E-state index contributed by atoms with van der Waals surface area (Å²) in [6, 6.07) is 29.1. The third-order valence-electron chi connectivity index (χ3n) is 13.8. The Morgan fingerprint density at radius 1 is 0.554 bits per heavy atom. The van der Waals surface area contributed by atoms with Crippen molar-refractivity contribution in [1.82, 2.24) is 9.80 Å². The predicted octanol–water partition coefficient (Wildman–Crippen LogP) is 11.5. The molecule has 2 unspecified atom stereocenters. The molecule has 4 aliphatic rings. The molecule has 348 valence electrons. The monoisotopic (exact) mass is 966 g/mol. The number of carbonyl (C=O) groups excluding carboxylic acids is 2. The van der Waals surface area contributed by atoms with Gasteiger partial charge in [0, 0.05) is 44.0 Å². The lowest BCUT2D eigenvalue weighted by Gasteiger charge is -2.51. The number of carbonyl (C=O) groups is 4. The number of halogens is 4. The van der Waals surface area contributed by atoms with Crippen molar-refractivity contribution in [3.63, 3.8) is 0 Å². The lowest BCUT2D eigenvalue weighted by molar-refractivity contribution is -0.160. The fourth-order valence-electron chi connectivity index (χ4n) is 10.9. The molecule has 4 aromatic rings. The van der Waals surface area contributed by atoms with E-state index in [0.717, 1.165) is 22.3 Å². The van der Waals surface area contributed by atoms with Crippen LogP contribution in [0.3, 0.4) is 0 Å². The van der Waals surface area contributed by atoms with Gasteiger partial charge >= 0.3 is 11.9 Å². The highest BCUT2D eigenvalue weighted by molar-refractivity contribution is 6.31. The van der Waals surface area contributed by atoms with Crippen LogP contribution >= 0.6 is 46.4 Å². The summed E-state index contributed by atoms with van der Waals surface area (Å²) < 4.78 is 0. The van der Waals surface area contributed by atoms with Gasteiger partial charge in [0.25, 0.3) is 0 Å². The predicted molar refractivity (Wildman–Crippen MR) is 254 cm³/mol. The van der Waals surface area contributed by atoms with Crippen LogP contribution in [-0.4, -0.2) is 78.3 Å². The van der Waals surface area contributed by atoms with E-state index < -0.39 is 35.0 Å². The van der Waals surface area contributed by atoms with E-state index in [9.17, 15) is 39.6 Å². The molecule has 4 fully saturated rings. The van der Waals surface area contributed by atoms with Crippen LogP contribution in [0.15, 0.2) is 97.1 Å². The Morgan fingerprint density at radius 2 is 0.908 bits per heavy atom.